The highest BCUT2D eigenvalue weighted by atomic mass is 32.1. The summed E-state index contributed by atoms with van der Waals surface area (Å²) >= 11 is 1.54. The van der Waals surface area contributed by atoms with Gasteiger partial charge < -0.3 is 19.4 Å². The lowest BCUT2D eigenvalue weighted by Gasteiger charge is -2.28. The smallest absolute Gasteiger partial charge is 0.291 e. The van der Waals surface area contributed by atoms with Crippen LogP contribution in [0.5, 0.6) is 0 Å². The summed E-state index contributed by atoms with van der Waals surface area (Å²) in [5.74, 6) is 1.22. The molecule has 144 valence electrons. The van der Waals surface area contributed by atoms with Gasteiger partial charge in [-0.2, -0.15) is 0 Å². The largest absolute Gasteiger partial charge is 0.456 e. The van der Waals surface area contributed by atoms with E-state index in [1.54, 1.807) is 19.1 Å². The van der Waals surface area contributed by atoms with Crippen LogP contribution in [0.3, 0.4) is 0 Å². The Morgan fingerprint density at radius 2 is 2.04 bits per heavy atom. The molecule has 2 aliphatic rings. The Morgan fingerprint density at radius 3 is 2.74 bits per heavy atom. The van der Waals surface area contributed by atoms with Crippen LogP contribution in [-0.2, 0) is 17.6 Å². The number of carbonyl (C=O) groups is 2. The number of hydrogen-bond acceptors (Lipinski definition) is 5. The predicted molar refractivity (Wildman–Crippen MR) is 104 cm³/mol. The van der Waals surface area contributed by atoms with E-state index in [-0.39, 0.29) is 17.6 Å². The Balaban J connectivity index is 1.67. The minimum Gasteiger partial charge on any atom is -0.456 e. The number of nitrogens with one attached hydrogen (secondary N) is 1. The molecule has 2 aromatic rings. The fourth-order valence-corrected chi connectivity index (χ4v) is 5.11. The molecule has 6 nitrogen and oxygen atoms in total. The van der Waals surface area contributed by atoms with Crippen LogP contribution < -0.4 is 5.32 Å². The van der Waals surface area contributed by atoms with E-state index in [4.69, 9.17) is 9.15 Å². The molecule has 0 bridgehead atoms. The van der Waals surface area contributed by atoms with Crippen LogP contribution in [0.1, 0.15) is 50.5 Å². The zero-order valence-electron chi connectivity index (χ0n) is 15.7. The van der Waals surface area contributed by atoms with Crippen molar-refractivity contribution in [3.05, 3.63) is 39.7 Å². The standard InChI is InChI=1S/C20H24N2O4S/c1-12-3-5-14-16(11-12)27-19(21-18(23)15-6-4-13(2)26-15)17(14)20(24)22-7-9-25-10-8-22/h4,6,12H,3,5,7-11H2,1-2H3,(H,21,23)/t12-/m1/s1. The molecule has 0 unspecified atom stereocenters. The molecule has 0 spiro atoms. The summed E-state index contributed by atoms with van der Waals surface area (Å²) < 4.78 is 10.8. The average molecular weight is 388 g/mol. The van der Waals surface area contributed by atoms with Crippen LogP contribution in [0.25, 0.3) is 0 Å². The predicted octanol–water partition coefficient (Wildman–Crippen LogP) is 3.50. The molecule has 1 N–H and O–H groups in total. The van der Waals surface area contributed by atoms with Gasteiger partial charge >= 0.3 is 0 Å². The molecule has 1 atom stereocenters. The van der Waals surface area contributed by atoms with Crippen molar-refractivity contribution in [1.82, 2.24) is 4.90 Å². The van der Waals surface area contributed by atoms with Crippen LogP contribution in [0, 0.1) is 12.8 Å². The Hall–Kier alpha value is -2.12. The molecule has 4 rings (SSSR count). The molecule has 2 amide bonds. The number of fused-ring (bicyclic) bond motifs is 1. The van der Waals surface area contributed by atoms with Gasteiger partial charge in [-0.15, -0.1) is 11.3 Å². The van der Waals surface area contributed by atoms with Gasteiger partial charge in [0, 0.05) is 18.0 Å². The van der Waals surface area contributed by atoms with E-state index >= 15 is 0 Å². The number of anilines is 1. The third kappa shape index (κ3) is 3.66. The SMILES string of the molecule is Cc1ccc(C(=O)Nc2sc3c(c2C(=O)N2CCOCC2)CC[C@@H](C)C3)o1. The van der Waals surface area contributed by atoms with Crippen LogP contribution in [0.15, 0.2) is 16.5 Å². The molecular formula is C20H24N2O4S. The topological polar surface area (TPSA) is 71.8 Å². The maximum atomic E-state index is 13.3. The number of nitrogens with zero attached hydrogens (tertiary/aromatic N) is 1. The van der Waals surface area contributed by atoms with Gasteiger partial charge in [-0.1, -0.05) is 6.92 Å². The number of rotatable bonds is 3. The number of hydrogen-bond donors (Lipinski definition) is 1. The maximum Gasteiger partial charge on any atom is 0.291 e. The molecule has 3 heterocycles. The highest BCUT2D eigenvalue weighted by molar-refractivity contribution is 7.17. The lowest BCUT2D eigenvalue weighted by molar-refractivity contribution is 0.0303. The summed E-state index contributed by atoms with van der Waals surface area (Å²) in [6, 6.07) is 3.42. The number of thiophene rings is 1. The van der Waals surface area contributed by atoms with Crippen molar-refractivity contribution in [2.45, 2.75) is 33.1 Å². The first-order valence-electron chi connectivity index (χ1n) is 9.42. The second kappa shape index (κ2) is 7.48. The van der Waals surface area contributed by atoms with Crippen LogP contribution in [-0.4, -0.2) is 43.0 Å². The van der Waals surface area contributed by atoms with Crippen molar-refractivity contribution in [2.24, 2.45) is 5.92 Å². The normalized spacial score (nSPS) is 19.6. The molecule has 2 aromatic heterocycles. The molecule has 7 heteroatoms. The monoisotopic (exact) mass is 388 g/mol. The Morgan fingerprint density at radius 1 is 1.26 bits per heavy atom. The van der Waals surface area contributed by atoms with Gasteiger partial charge in [0.2, 0.25) is 0 Å². The van der Waals surface area contributed by atoms with E-state index in [1.807, 2.05) is 4.90 Å². The number of aryl methyl sites for hydroxylation is 1. The Labute approximate surface area is 162 Å². The van der Waals surface area contributed by atoms with Crippen LogP contribution >= 0.6 is 11.3 Å². The molecule has 27 heavy (non-hydrogen) atoms. The third-order valence-corrected chi connectivity index (χ3v) is 6.38. The van der Waals surface area contributed by atoms with Crippen molar-refractivity contribution in [1.29, 1.82) is 0 Å². The number of morpholine rings is 1. The summed E-state index contributed by atoms with van der Waals surface area (Å²) in [5.41, 5.74) is 1.78. The van der Waals surface area contributed by atoms with Gasteiger partial charge in [-0.3, -0.25) is 9.59 Å². The lowest BCUT2D eigenvalue weighted by Crippen LogP contribution is -2.41. The number of amides is 2. The van der Waals surface area contributed by atoms with Crippen molar-refractivity contribution in [3.63, 3.8) is 0 Å². The summed E-state index contributed by atoms with van der Waals surface area (Å²) in [5, 5.41) is 3.58. The maximum absolute atomic E-state index is 13.3. The first-order chi connectivity index (χ1) is 13.0. The highest BCUT2D eigenvalue weighted by Gasteiger charge is 2.31. The van der Waals surface area contributed by atoms with Crippen molar-refractivity contribution < 1.29 is 18.7 Å². The molecule has 1 saturated heterocycles. The fourth-order valence-electron chi connectivity index (χ4n) is 3.71. The molecule has 0 radical (unpaired) electrons. The van der Waals surface area contributed by atoms with Crippen molar-refractivity contribution in [2.75, 3.05) is 31.6 Å². The number of carbonyl (C=O) groups excluding carboxylic acids is 2. The second-order valence-corrected chi connectivity index (χ2v) is 8.43. The van der Waals surface area contributed by atoms with Gasteiger partial charge in [-0.25, -0.2) is 0 Å². The van der Waals surface area contributed by atoms with E-state index in [0.29, 0.717) is 48.5 Å². The molecular weight excluding hydrogens is 364 g/mol. The number of ether oxygens (including phenoxy) is 1. The molecule has 1 aliphatic heterocycles. The first-order valence-corrected chi connectivity index (χ1v) is 10.2. The Kier molecular flexibility index (Phi) is 5.06. The zero-order chi connectivity index (χ0) is 19.0. The van der Waals surface area contributed by atoms with Crippen LogP contribution in [0.4, 0.5) is 5.00 Å². The lowest BCUT2D eigenvalue weighted by atomic mass is 9.88. The summed E-state index contributed by atoms with van der Waals surface area (Å²) in [6.07, 6.45) is 2.91. The molecule has 0 aromatic carbocycles. The molecule has 0 saturated carbocycles. The van der Waals surface area contributed by atoms with E-state index in [2.05, 4.69) is 12.2 Å². The van der Waals surface area contributed by atoms with Crippen molar-refractivity contribution >= 4 is 28.2 Å². The van der Waals surface area contributed by atoms with Gasteiger partial charge in [-0.05, 0) is 49.8 Å². The van der Waals surface area contributed by atoms with Gasteiger partial charge in [0.1, 0.15) is 10.8 Å². The van der Waals surface area contributed by atoms with E-state index < -0.39 is 0 Å². The molecule has 1 aliphatic carbocycles. The van der Waals surface area contributed by atoms with Gasteiger partial charge in [0.05, 0.1) is 18.8 Å². The van der Waals surface area contributed by atoms with E-state index in [1.165, 1.54) is 16.2 Å². The highest BCUT2D eigenvalue weighted by Crippen LogP contribution is 2.40. The fraction of sp³-hybridized carbons (Fsp3) is 0.500. The minimum atomic E-state index is -0.314. The third-order valence-electron chi connectivity index (χ3n) is 5.22. The van der Waals surface area contributed by atoms with E-state index in [0.717, 1.165) is 24.8 Å². The minimum absolute atomic E-state index is 0.00345. The summed E-state index contributed by atoms with van der Waals surface area (Å²) in [7, 11) is 0. The van der Waals surface area contributed by atoms with E-state index in [9.17, 15) is 9.59 Å². The quantitative estimate of drug-likeness (QED) is 0.874. The summed E-state index contributed by atoms with van der Waals surface area (Å²) in [4.78, 5) is 28.9. The van der Waals surface area contributed by atoms with Gasteiger partial charge in [0.25, 0.3) is 11.8 Å². The average Bonchev–Trinajstić information content (AvgIpc) is 3.24. The summed E-state index contributed by atoms with van der Waals surface area (Å²) in [6.45, 7) is 6.32. The number of furan rings is 1. The second-order valence-electron chi connectivity index (χ2n) is 7.32. The van der Waals surface area contributed by atoms with Crippen molar-refractivity contribution in [3.8, 4) is 0 Å². The Bertz CT molecular complexity index is 863. The molecule has 1 fully saturated rings. The first kappa shape index (κ1) is 18.3. The van der Waals surface area contributed by atoms with Crippen LogP contribution in [0.2, 0.25) is 0 Å². The van der Waals surface area contributed by atoms with Gasteiger partial charge in [0.15, 0.2) is 5.76 Å². The zero-order valence-corrected chi connectivity index (χ0v) is 16.5.